The fourth-order valence-electron chi connectivity index (χ4n) is 1.96. The molecule has 7 heteroatoms. The summed E-state index contributed by atoms with van der Waals surface area (Å²) in [6, 6.07) is 6.78. The molecule has 0 aliphatic rings. The lowest BCUT2D eigenvalue weighted by Crippen LogP contribution is -2.13. The first-order valence-corrected chi connectivity index (χ1v) is 6.80. The van der Waals surface area contributed by atoms with Gasteiger partial charge in [-0.1, -0.05) is 0 Å². The maximum Gasteiger partial charge on any atom is 0.411 e. The summed E-state index contributed by atoms with van der Waals surface area (Å²) in [6.45, 7) is 0.0631. The maximum atomic E-state index is 11.8. The minimum absolute atomic E-state index is 0.0631. The van der Waals surface area contributed by atoms with Crippen molar-refractivity contribution in [3.8, 4) is 17.2 Å². The van der Waals surface area contributed by atoms with E-state index in [1.807, 2.05) is 0 Å². The molecule has 0 radical (unpaired) electrons. The number of hydrogen-bond acceptors (Lipinski definition) is 6. The third-order valence-corrected chi connectivity index (χ3v) is 3.02. The van der Waals surface area contributed by atoms with Crippen LogP contribution in [0.3, 0.4) is 0 Å². The Bertz CT molecular complexity index is 636. The van der Waals surface area contributed by atoms with Crippen LogP contribution in [0.2, 0.25) is 0 Å². The van der Waals surface area contributed by atoms with Gasteiger partial charge in [0.25, 0.3) is 0 Å². The van der Waals surface area contributed by atoms with Crippen LogP contribution in [-0.2, 0) is 11.3 Å². The first kappa shape index (κ1) is 16.4. The normalized spacial score (nSPS) is 9.87. The first-order valence-electron chi connectivity index (χ1n) is 6.80. The lowest BCUT2D eigenvalue weighted by Gasteiger charge is -2.14. The van der Waals surface area contributed by atoms with E-state index >= 15 is 0 Å². The average Bonchev–Trinajstić information content (AvgIpc) is 2.59. The lowest BCUT2D eigenvalue weighted by atomic mass is 10.2. The van der Waals surface area contributed by atoms with Crippen LogP contribution >= 0.6 is 0 Å². The molecule has 0 aliphatic heterocycles. The van der Waals surface area contributed by atoms with Gasteiger partial charge >= 0.3 is 6.09 Å². The van der Waals surface area contributed by atoms with E-state index in [4.69, 9.17) is 18.9 Å². The van der Waals surface area contributed by atoms with Crippen molar-refractivity contribution in [3.63, 3.8) is 0 Å². The number of pyridine rings is 1. The van der Waals surface area contributed by atoms with E-state index in [1.54, 1.807) is 36.7 Å². The van der Waals surface area contributed by atoms with Crippen molar-refractivity contribution in [1.82, 2.24) is 4.98 Å². The van der Waals surface area contributed by atoms with Crippen LogP contribution in [0.25, 0.3) is 0 Å². The molecular weight excluding hydrogens is 300 g/mol. The number of aromatic nitrogens is 1. The third kappa shape index (κ3) is 4.26. The number of benzene rings is 1. The molecule has 2 aromatic rings. The number of carbonyl (C=O) groups excluding carboxylic acids is 1. The zero-order valence-electron chi connectivity index (χ0n) is 13.2. The maximum absolute atomic E-state index is 11.8. The van der Waals surface area contributed by atoms with Gasteiger partial charge in [0.1, 0.15) is 6.61 Å². The van der Waals surface area contributed by atoms with Gasteiger partial charge in [-0.3, -0.25) is 10.3 Å². The number of hydrogen-bond donors (Lipinski definition) is 1. The Morgan fingerprint density at radius 3 is 2.17 bits per heavy atom. The van der Waals surface area contributed by atoms with Crippen LogP contribution in [0, 0.1) is 0 Å². The molecule has 0 aliphatic carbocycles. The van der Waals surface area contributed by atoms with E-state index in [-0.39, 0.29) is 6.61 Å². The fraction of sp³-hybridized carbons (Fsp3) is 0.250. The number of ether oxygens (including phenoxy) is 4. The summed E-state index contributed by atoms with van der Waals surface area (Å²) in [5.41, 5.74) is 1.32. The predicted molar refractivity (Wildman–Crippen MR) is 84.1 cm³/mol. The molecule has 0 spiro atoms. The summed E-state index contributed by atoms with van der Waals surface area (Å²) in [6.07, 6.45) is 2.59. The number of nitrogens with one attached hydrogen (secondary N) is 1. The highest BCUT2D eigenvalue weighted by atomic mass is 16.5. The number of carbonyl (C=O) groups is 1. The van der Waals surface area contributed by atoms with Gasteiger partial charge in [0.05, 0.1) is 21.3 Å². The second kappa shape index (κ2) is 7.88. The Labute approximate surface area is 134 Å². The van der Waals surface area contributed by atoms with E-state index < -0.39 is 6.09 Å². The molecule has 0 fully saturated rings. The SMILES string of the molecule is COc1cc(COC(=O)Nc2ccncc2)cc(OC)c1OC. The van der Waals surface area contributed by atoms with Gasteiger partial charge in [-0.05, 0) is 29.8 Å². The fourth-order valence-corrected chi connectivity index (χ4v) is 1.96. The largest absolute Gasteiger partial charge is 0.493 e. The van der Waals surface area contributed by atoms with Crippen LogP contribution in [-0.4, -0.2) is 32.4 Å². The smallest absolute Gasteiger partial charge is 0.411 e. The zero-order valence-corrected chi connectivity index (χ0v) is 13.2. The molecule has 0 saturated carbocycles. The number of rotatable bonds is 6. The van der Waals surface area contributed by atoms with E-state index in [2.05, 4.69) is 10.3 Å². The predicted octanol–water partition coefficient (Wildman–Crippen LogP) is 2.86. The van der Waals surface area contributed by atoms with E-state index in [0.29, 0.717) is 28.5 Å². The zero-order chi connectivity index (χ0) is 16.7. The molecule has 1 amide bonds. The molecule has 2 rings (SSSR count). The first-order chi connectivity index (χ1) is 11.2. The standard InChI is InChI=1S/C16H18N2O5/c1-20-13-8-11(9-14(21-2)15(13)22-3)10-23-16(19)18-12-4-6-17-7-5-12/h4-9H,10H2,1-3H3,(H,17,18,19). The summed E-state index contributed by atoms with van der Waals surface area (Å²) in [4.78, 5) is 15.6. The minimum atomic E-state index is -0.565. The molecule has 0 bridgehead atoms. The van der Waals surface area contributed by atoms with Crippen LogP contribution in [0.4, 0.5) is 10.5 Å². The van der Waals surface area contributed by atoms with Gasteiger partial charge in [0.15, 0.2) is 11.5 Å². The summed E-state index contributed by atoms with van der Waals surface area (Å²) in [5, 5.41) is 2.60. The molecule has 122 valence electrons. The lowest BCUT2D eigenvalue weighted by molar-refractivity contribution is 0.155. The highest BCUT2D eigenvalue weighted by Gasteiger charge is 2.14. The molecule has 23 heavy (non-hydrogen) atoms. The molecule has 7 nitrogen and oxygen atoms in total. The van der Waals surface area contributed by atoms with Crippen LogP contribution in [0.1, 0.15) is 5.56 Å². The van der Waals surface area contributed by atoms with Gasteiger partial charge in [0, 0.05) is 18.1 Å². The molecular formula is C16H18N2O5. The number of methoxy groups -OCH3 is 3. The van der Waals surface area contributed by atoms with Crippen LogP contribution in [0.5, 0.6) is 17.2 Å². The number of nitrogens with zero attached hydrogens (tertiary/aromatic N) is 1. The van der Waals surface area contributed by atoms with Gasteiger partial charge in [-0.25, -0.2) is 4.79 Å². The molecule has 1 aromatic heterocycles. The van der Waals surface area contributed by atoms with E-state index in [1.165, 1.54) is 21.3 Å². The number of amides is 1. The summed E-state index contributed by atoms with van der Waals surface area (Å²) in [5.74, 6) is 1.49. The average molecular weight is 318 g/mol. The topological polar surface area (TPSA) is 78.9 Å². The van der Waals surface area contributed by atoms with Crippen molar-refractivity contribution in [1.29, 1.82) is 0 Å². The Morgan fingerprint density at radius 1 is 1.04 bits per heavy atom. The quantitative estimate of drug-likeness (QED) is 0.882. The molecule has 0 atom stereocenters. The van der Waals surface area contributed by atoms with Crippen molar-refractivity contribution in [3.05, 3.63) is 42.2 Å². The van der Waals surface area contributed by atoms with Gasteiger partial charge in [-0.2, -0.15) is 0 Å². The van der Waals surface area contributed by atoms with Crippen LogP contribution < -0.4 is 19.5 Å². The summed E-state index contributed by atoms with van der Waals surface area (Å²) >= 11 is 0. The summed E-state index contributed by atoms with van der Waals surface area (Å²) < 4.78 is 20.9. The van der Waals surface area contributed by atoms with Crippen molar-refractivity contribution < 1.29 is 23.7 Å². The monoisotopic (exact) mass is 318 g/mol. The summed E-state index contributed by atoms with van der Waals surface area (Å²) in [7, 11) is 4.58. The Morgan fingerprint density at radius 2 is 1.65 bits per heavy atom. The van der Waals surface area contributed by atoms with E-state index in [9.17, 15) is 4.79 Å². The van der Waals surface area contributed by atoms with Gasteiger partial charge in [0.2, 0.25) is 5.75 Å². The Balaban J connectivity index is 2.04. The second-order valence-electron chi connectivity index (χ2n) is 4.47. The molecule has 0 saturated heterocycles. The molecule has 1 aromatic carbocycles. The molecule has 1 heterocycles. The van der Waals surface area contributed by atoms with Crippen molar-refractivity contribution >= 4 is 11.8 Å². The third-order valence-electron chi connectivity index (χ3n) is 3.02. The Kier molecular flexibility index (Phi) is 5.62. The van der Waals surface area contributed by atoms with E-state index in [0.717, 1.165) is 0 Å². The molecule has 0 unspecified atom stereocenters. The minimum Gasteiger partial charge on any atom is -0.493 e. The van der Waals surface area contributed by atoms with Gasteiger partial charge in [-0.15, -0.1) is 0 Å². The van der Waals surface area contributed by atoms with Crippen molar-refractivity contribution in [2.45, 2.75) is 6.61 Å². The van der Waals surface area contributed by atoms with Crippen molar-refractivity contribution in [2.24, 2.45) is 0 Å². The number of anilines is 1. The van der Waals surface area contributed by atoms with Crippen molar-refractivity contribution in [2.75, 3.05) is 26.6 Å². The van der Waals surface area contributed by atoms with Crippen LogP contribution in [0.15, 0.2) is 36.7 Å². The molecule has 1 N–H and O–H groups in total. The highest BCUT2D eigenvalue weighted by molar-refractivity contribution is 5.84. The highest BCUT2D eigenvalue weighted by Crippen LogP contribution is 2.38. The Hall–Kier alpha value is -2.96. The second-order valence-corrected chi connectivity index (χ2v) is 4.47. The van der Waals surface area contributed by atoms with Gasteiger partial charge < -0.3 is 18.9 Å².